The van der Waals surface area contributed by atoms with Crippen molar-refractivity contribution < 1.29 is 0 Å². The second-order valence-corrected chi connectivity index (χ2v) is 4.08. The van der Waals surface area contributed by atoms with E-state index in [4.69, 9.17) is 0 Å². The molecule has 0 saturated heterocycles. The Morgan fingerprint density at radius 3 is 3.06 bits per heavy atom. The van der Waals surface area contributed by atoms with Crippen molar-refractivity contribution in [3.63, 3.8) is 0 Å². The molecule has 1 atom stereocenters. The minimum Gasteiger partial charge on any atom is -0.310 e. The van der Waals surface area contributed by atoms with Gasteiger partial charge >= 0.3 is 0 Å². The largest absolute Gasteiger partial charge is 0.310 e. The molecule has 0 radical (unpaired) electrons. The van der Waals surface area contributed by atoms with Gasteiger partial charge in [-0.3, -0.25) is 4.98 Å². The number of fused-ring (bicyclic) bond motifs is 1. The van der Waals surface area contributed by atoms with Gasteiger partial charge < -0.3 is 5.32 Å². The monoisotopic (exact) mass is 226 g/mol. The molecule has 88 valence electrons. The molecule has 0 aliphatic rings. The molecule has 2 heteroatoms. The maximum absolute atomic E-state index is 4.16. The van der Waals surface area contributed by atoms with Crippen LogP contribution < -0.4 is 5.32 Å². The number of benzene rings is 1. The maximum Gasteiger partial charge on any atom is 0.0360 e. The predicted octanol–water partition coefficient (Wildman–Crippen LogP) is 3.46. The Morgan fingerprint density at radius 2 is 2.29 bits per heavy atom. The Balaban J connectivity index is 2.48. The van der Waals surface area contributed by atoms with Gasteiger partial charge in [-0.15, -0.1) is 6.58 Å². The summed E-state index contributed by atoms with van der Waals surface area (Å²) in [7, 11) is 0. The lowest BCUT2D eigenvalue weighted by atomic mass is 9.98. The Morgan fingerprint density at radius 1 is 1.41 bits per heavy atom. The van der Waals surface area contributed by atoms with Crippen LogP contribution >= 0.6 is 0 Å². The first-order valence-corrected chi connectivity index (χ1v) is 6.03. The average Bonchev–Trinajstić information content (AvgIpc) is 2.38. The summed E-state index contributed by atoms with van der Waals surface area (Å²) in [6.45, 7) is 6.92. The Hall–Kier alpha value is -1.67. The van der Waals surface area contributed by atoms with Crippen LogP contribution in [0.4, 0.5) is 0 Å². The third-order valence-electron chi connectivity index (χ3n) is 2.94. The molecule has 0 aliphatic heterocycles. The number of aromatic nitrogens is 1. The van der Waals surface area contributed by atoms with Gasteiger partial charge in [0.15, 0.2) is 0 Å². The van der Waals surface area contributed by atoms with Gasteiger partial charge in [0.1, 0.15) is 0 Å². The molecule has 17 heavy (non-hydrogen) atoms. The van der Waals surface area contributed by atoms with Gasteiger partial charge in [-0.1, -0.05) is 31.2 Å². The van der Waals surface area contributed by atoms with Gasteiger partial charge in [0.2, 0.25) is 0 Å². The van der Waals surface area contributed by atoms with Crippen molar-refractivity contribution in [3.05, 3.63) is 54.9 Å². The second kappa shape index (κ2) is 5.60. The van der Waals surface area contributed by atoms with Crippen molar-refractivity contribution >= 4 is 10.8 Å². The van der Waals surface area contributed by atoms with E-state index in [9.17, 15) is 0 Å². The molecule has 1 unspecified atom stereocenters. The van der Waals surface area contributed by atoms with E-state index >= 15 is 0 Å². The predicted molar refractivity (Wildman–Crippen MR) is 73.0 cm³/mol. The van der Waals surface area contributed by atoms with E-state index < -0.39 is 0 Å². The van der Waals surface area contributed by atoms with E-state index in [1.54, 1.807) is 0 Å². The van der Waals surface area contributed by atoms with Crippen molar-refractivity contribution in [3.8, 4) is 0 Å². The van der Waals surface area contributed by atoms with Crippen molar-refractivity contribution in [2.45, 2.75) is 19.4 Å². The lowest BCUT2D eigenvalue weighted by Crippen LogP contribution is -2.20. The van der Waals surface area contributed by atoms with Crippen molar-refractivity contribution in [2.75, 3.05) is 6.54 Å². The average molecular weight is 226 g/mol. The third-order valence-corrected chi connectivity index (χ3v) is 2.94. The fraction of sp³-hybridized carbons (Fsp3) is 0.267. The molecule has 1 aromatic carbocycles. The molecular weight excluding hydrogens is 208 g/mol. The summed E-state index contributed by atoms with van der Waals surface area (Å²) >= 11 is 0. The fourth-order valence-electron chi connectivity index (χ4n) is 2.18. The number of hydrogen-bond acceptors (Lipinski definition) is 2. The van der Waals surface area contributed by atoms with Crippen LogP contribution in [-0.2, 0) is 0 Å². The van der Waals surface area contributed by atoms with Crippen LogP contribution in [-0.4, -0.2) is 11.5 Å². The first-order valence-electron chi connectivity index (χ1n) is 6.03. The van der Waals surface area contributed by atoms with Gasteiger partial charge in [0, 0.05) is 23.8 Å². The van der Waals surface area contributed by atoms with Crippen LogP contribution in [0.3, 0.4) is 0 Å². The van der Waals surface area contributed by atoms with Crippen LogP contribution in [0.5, 0.6) is 0 Å². The van der Waals surface area contributed by atoms with Crippen molar-refractivity contribution in [1.29, 1.82) is 0 Å². The van der Waals surface area contributed by atoms with E-state index in [0.717, 1.165) is 13.0 Å². The van der Waals surface area contributed by atoms with Crippen LogP contribution in [0.25, 0.3) is 10.8 Å². The Kier molecular flexibility index (Phi) is 3.89. The summed E-state index contributed by atoms with van der Waals surface area (Å²) in [4.78, 5) is 4.16. The van der Waals surface area contributed by atoms with E-state index in [-0.39, 0.29) is 0 Å². The Bertz CT molecular complexity index is 500. The molecule has 2 rings (SSSR count). The van der Waals surface area contributed by atoms with Crippen LogP contribution in [0.1, 0.15) is 24.9 Å². The van der Waals surface area contributed by atoms with Crippen LogP contribution in [0, 0.1) is 0 Å². The molecule has 0 amide bonds. The zero-order chi connectivity index (χ0) is 12.1. The van der Waals surface area contributed by atoms with Crippen LogP contribution in [0.2, 0.25) is 0 Å². The molecule has 2 nitrogen and oxygen atoms in total. The molecular formula is C15H18N2. The lowest BCUT2D eigenvalue weighted by molar-refractivity contribution is 0.562. The van der Waals surface area contributed by atoms with Gasteiger partial charge in [0.05, 0.1) is 0 Å². The smallest absolute Gasteiger partial charge is 0.0360 e. The molecule has 0 aliphatic carbocycles. The van der Waals surface area contributed by atoms with Gasteiger partial charge in [-0.25, -0.2) is 0 Å². The summed E-state index contributed by atoms with van der Waals surface area (Å²) in [5.41, 5.74) is 1.33. The first-order chi connectivity index (χ1) is 8.36. The van der Waals surface area contributed by atoms with Gasteiger partial charge in [-0.2, -0.15) is 0 Å². The summed E-state index contributed by atoms with van der Waals surface area (Å²) in [6, 6.07) is 8.79. The van der Waals surface area contributed by atoms with E-state index in [0.29, 0.717) is 6.04 Å². The van der Waals surface area contributed by atoms with Crippen molar-refractivity contribution in [1.82, 2.24) is 10.3 Å². The topological polar surface area (TPSA) is 24.9 Å². The molecule has 1 N–H and O–H groups in total. The van der Waals surface area contributed by atoms with Crippen molar-refractivity contribution in [2.24, 2.45) is 0 Å². The number of nitrogens with one attached hydrogen (secondary N) is 1. The summed E-state index contributed by atoms with van der Waals surface area (Å²) in [5.74, 6) is 0. The van der Waals surface area contributed by atoms with Gasteiger partial charge in [0.25, 0.3) is 0 Å². The van der Waals surface area contributed by atoms with E-state index in [2.05, 4.69) is 48.1 Å². The maximum atomic E-state index is 4.16. The number of pyridine rings is 1. The highest BCUT2D eigenvalue weighted by atomic mass is 14.9. The molecule has 0 fully saturated rings. The molecule has 1 aromatic heterocycles. The van der Waals surface area contributed by atoms with E-state index in [1.165, 1.54) is 16.3 Å². The second-order valence-electron chi connectivity index (χ2n) is 4.08. The molecule has 1 heterocycles. The third kappa shape index (κ3) is 2.53. The zero-order valence-corrected chi connectivity index (χ0v) is 10.2. The fourth-order valence-corrected chi connectivity index (χ4v) is 2.18. The minimum atomic E-state index is 0.337. The summed E-state index contributed by atoms with van der Waals surface area (Å²) in [5, 5.41) is 5.97. The zero-order valence-electron chi connectivity index (χ0n) is 10.2. The number of hydrogen-bond donors (Lipinski definition) is 1. The molecule has 0 spiro atoms. The normalized spacial score (nSPS) is 12.5. The highest BCUT2D eigenvalue weighted by molar-refractivity contribution is 5.85. The number of rotatable bonds is 5. The lowest BCUT2D eigenvalue weighted by Gasteiger charge is -2.18. The van der Waals surface area contributed by atoms with E-state index in [1.807, 2.05) is 18.5 Å². The summed E-state index contributed by atoms with van der Waals surface area (Å²) < 4.78 is 0. The minimum absolute atomic E-state index is 0.337. The highest BCUT2D eigenvalue weighted by Gasteiger charge is 2.11. The summed E-state index contributed by atoms with van der Waals surface area (Å²) in [6.07, 6.45) is 6.67. The quantitative estimate of drug-likeness (QED) is 0.790. The molecule has 0 bridgehead atoms. The van der Waals surface area contributed by atoms with Gasteiger partial charge in [-0.05, 0) is 30.0 Å². The highest BCUT2D eigenvalue weighted by Crippen LogP contribution is 2.25. The Labute approximate surface area is 102 Å². The SMILES string of the molecule is C=CCC(NCC)c1cccc2cnccc12. The molecule has 0 saturated carbocycles. The number of nitrogens with zero attached hydrogens (tertiary/aromatic N) is 1. The first kappa shape index (κ1) is 11.8. The van der Waals surface area contributed by atoms with Crippen LogP contribution in [0.15, 0.2) is 49.3 Å². The molecule has 2 aromatic rings. The standard InChI is InChI=1S/C15H18N2/c1-3-6-15(17-4-2)14-8-5-7-12-11-16-10-9-13(12)14/h3,5,7-11,15,17H,1,4,6H2,2H3.